The van der Waals surface area contributed by atoms with Crippen LogP contribution in [0, 0.1) is 5.41 Å². The number of ketones is 1. The van der Waals surface area contributed by atoms with Gasteiger partial charge in [-0.1, -0.05) is 24.3 Å². The Balaban J connectivity index is 0.000000206. The third-order valence-electron chi connectivity index (χ3n) is 3.51. The van der Waals surface area contributed by atoms with Gasteiger partial charge in [0.05, 0.1) is 31.8 Å². The molecule has 1 aromatic rings. The lowest BCUT2D eigenvalue weighted by molar-refractivity contribution is -0.0328. The zero-order valence-corrected chi connectivity index (χ0v) is 11.5. The van der Waals surface area contributed by atoms with Crippen LogP contribution in [0.2, 0.25) is 0 Å². The average Bonchev–Trinajstić information content (AvgIpc) is 2.51. The van der Waals surface area contributed by atoms with E-state index >= 15 is 0 Å². The van der Waals surface area contributed by atoms with Gasteiger partial charge in [-0.3, -0.25) is 4.79 Å². The van der Waals surface area contributed by atoms with E-state index in [-0.39, 0.29) is 0 Å². The third-order valence-corrected chi connectivity index (χ3v) is 3.51. The number of hydrogen-bond acceptors (Lipinski definition) is 5. The number of fused-ring (bicyclic) bond motifs is 1. The number of carbonyl (C=O) groups excluding carboxylic acids is 1. The van der Waals surface area contributed by atoms with Crippen molar-refractivity contribution >= 4 is 5.78 Å². The Kier molecular flexibility index (Phi) is 6.81. The van der Waals surface area contributed by atoms with Crippen LogP contribution >= 0.6 is 0 Å². The highest BCUT2D eigenvalue weighted by Crippen LogP contribution is 2.20. The van der Waals surface area contributed by atoms with Gasteiger partial charge in [0, 0.05) is 12.0 Å². The Morgan fingerprint density at radius 2 is 1.45 bits per heavy atom. The molecule has 2 rings (SSSR count). The second-order valence-electron chi connectivity index (χ2n) is 5.07. The van der Waals surface area contributed by atoms with Crippen molar-refractivity contribution in [1.29, 1.82) is 0 Å². The number of benzene rings is 1. The summed E-state index contributed by atoms with van der Waals surface area (Å²) in [4.78, 5) is 11.3. The van der Waals surface area contributed by atoms with E-state index in [0.717, 1.165) is 24.8 Å². The molecule has 0 unspecified atom stereocenters. The highest BCUT2D eigenvalue weighted by molar-refractivity contribution is 5.98. The monoisotopic (exact) mass is 282 g/mol. The molecule has 0 fully saturated rings. The molecular formula is C15H22O5. The molecule has 0 saturated heterocycles. The highest BCUT2D eigenvalue weighted by Gasteiger charge is 2.26. The molecule has 1 aliphatic rings. The van der Waals surface area contributed by atoms with Crippen molar-refractivity contribution in [3.8, 4) is 0 Å². The Morgan fingerprint density at radius 1 is 0.900 bits per heavy atom. The molecule has 20 heavy (non-hydrogen) atoms. The van der Waals surface area contributed by atoms with Crippen LogP contribution < -0.4 is 0 Å². The molecule has 112 valence electrons. The molecule has 0 spiro atoms. The van der Waals surface area contributed by atoms with Crippen LogP contribution in [0.15, 0.2) is 24.3 Å². The van der Waals surface area contributed by atoms with Crippen molar-refractivity contribution in [2.75, 3.05) is 26.4 Å². The number of aliphatic hydroxyl groups is 4. The summed E-state index contributed by atoms with van der Waals surface area (Å²) in [7, 11) is 0. The summed E-state index contributed by atoms with van der Waals surface area (Å²) in [5.41, 5.74) is 1.06. The minimum atomic E-state index is -1.11. The van der Waals surface area contributed by atoms with Gasteiger partial charge in [0.25, 0.3) is 0 Å². The molecular weight excluding hydrogens is 260 g/mol. The second kappa shape index (κ2) is 8.11. The quantitative estimate of drug-likeness (QED) is 0.630. The van der Waals surface area contributed by atoms with Crippen molar-refractivity contribution in [3.05, 3.63) is 35.4 Å². The summed E-state index contributed by atoms with van der Waals surface area (Å²) in [6.07, 6.45) is 2.83. The van der Waals surface area contributed by atoms with Crippen LogP contribution in [0.1, 0.15) is 28.8 Å². The zero-order chi connectivity index (χ0) is 15.0. The van der Waals surface area contributed by atoms with Crippen molar-refractivity contribution in [2.45, 2.75) is 19.3 Å². The minimum Gasteiger partial charge on any atom is -0.396 e. The van der Waals surface area contributed by atoms with E-state index in [9.17, 15) is 4.79 Å². The fourth-order valence-electron chi connectivity index (χ4n) is 1.88. The van der Waals surface area contributed by atoms with Crippen molar-refractivity contribution in [3.63, 3.8) is 0 Å². The van der Waals surface area contributed by atoms with Gasteiger partial charge < -0.3 is 20.4 Å². The lowest BCUT2D eigenvalue weighted by Crippen LogP contribution is -2.37. The molecule has 0 bridgehead atoms. The SMILES string of the molecule is O=C1CCCc2ccccc21.OCC(CO)(CO)CO. The molecule has 0 amide bonds. The first-order chi connectivity index (χ1) is 9.62. The van der Waals surface area contributed by atoms with E-state index in [1.165, 1.54) is 5.56 Å². The number of hydrogen-bond donors (Lipinski definition) is 4. The number of aliphatic hydroxyl groups excluding tert-OH is 4. The normalized spacial score (nSPS) is 14.3. The molecule has 0 heterocycles. The van der Waals surface area contributed by atoms with E-state index in [2.05, 4.69) is 0 Å². The first kappa shape index (κ1) is 16.8. The summed E-state index contributed by atoms with van der Waals surface area (Å²) in [6, 6.07) is 7.91. The molecule has 0 atom stereocenters. The van der Waals surface area contributed by atoms with E-state index in [0.29, 0.717) is 5.78 Å². The van der Waals surface area contributed by atoms with E-state index < -0.39 is 31.8 Å². The zero-order valence-electron chi connectivity index (χ0n) is 11.5. The molecule has 5 heteroatoms. The van der Waals surface area contributed by atoms with Crippen LogP contribution in [0.3, 0.4) is 0 Å². The predicted octanol–water partition coefficient (Wildman–Crippen LogP) is 0.148. The van der Waals surface area contributed by atoms with Gasteiger partial charge in [-0.2, -0.15) is 0 Å². The van der Waals surface area contributed by atoms with Gasteiger partial charge in [-0.05, 0) is 18.4 Å². The van der Waals surface area contributed by atoms with Crippen LogP contribution in [-0.2, 0) is 6.42 Å². The Morgan fingerprint density at radius 3 is 1.90 bits per heavy atom. The fraction of sp³-hybridized carbons (Fsp3) is 0.533. The van der Waals surface area contributed by atoms with Gasteiger partial charge in [0.1, 0.15) is 0 Å². The molecule has 4 N–H and O–H groups in total. The summed E-state index contributed by atoms with van der Waals surface area (Å²) in [5, 5.41) is 34.0. The molecule has 5 nitrogen and oxygen atoms in total. The van der Waals surface area contributed by atoms with Crippen LogP contribution in [0.25, 0.3) is 0 Å². The van der Waals surface area contributed by atoms with Gasteiger partial charge in [-0.15, -0.1) is 0 Å². The maximum Gasteiger partial charge on any atom is 0.163 e. The highest BCUT2D eigenvalue weighted by atomic mass is 16.3. The topological polar surface area (TPSA) is 98.0 Å². The molecule has 0 saturated carbocycles. The Bertz CT molecular complexity index is 409. The standard InChI is InChI=1S/C10H10O.C5H12O4/c11-10-7-3-5-8-4-1-2-6-9(8)10;6-1-5(2-7,3-8)4-9/h1-2,4,6H,3,5,7H2;6-9H,1-4H2. The largest absolute Gasteiger partial charge is 0.396 e. The molecule has 1 aliphatic carbocycles. The summed E-state index contributed by atoms with van der Waals surface area (Å²) in [5.74, 6) is 0.312. The summed E-state index contributed by atoms with van der Waals surface area (Å²) >= 11 is 0. The van der Waals surface area contributed by atoms with Gasteiger partial charge in [-0.25, -0.2) is 0 Å². The fourth-order valence-corrected chi connectivity index (χ4v) is 1.88. The molecule has 1 aromatic carbocycles. The Hall–Kier alpha value is -1.27. The predicted molar refractivity (Wildman–Crippen MR) is 74.5 cm³/mol. The molecule has 0 radical (unpaired) electrons. The average molecular weight is 282 g/mol. The number of carbonyl (C=O) groups is 1. The summed E-state index contributed by atoms with van der Waals surface area (Å²) < 4.78 is 0. The van der Waals surface area contributed by atoms with E-state index in [4.69, 9.17) is 20.4 Å². The van der Waals surface area contributed by atoms with Gasteiger partial charge in [0.15, 0.2) is 5.78 Å². The maximum absolute atomic E-state index is 11.3. The van der Waals surface area contributed by atoms with Crippen molar-refractivity contribution in [1.82, 2.24) is 0 Å². The van der Waals surface area contributed by atoms with E-state index in [1.54, 1.807) is 0 Å². The molecule has 0 aliphatic heterocycles. The molecule has 0 aromatic heterocycles. The maximum atomic E-state index is 11.3. The van der Waals surface area contributed by atoms with Gasteiger partial charge >= 0.3 is 0 Å². The smallest absolute Gasteiger partial charge is 0.163 e. The Labute approximate surface area is 118 Å². The lowest BCUT2D eigenvalue weighted by Gasteiger charge is -2.23. The van der Waals surface area contributed by atoms with Crippen molar-refractivity contribution in [2.24, 2.45) is 5.41 Å². The van der Waals surface area contributed by atoms with Gasteiger partial charge in [0.2, 0.25) is 0 Å². The minimum absolute atomic E-state index is 0.312. The lowest BCUT2D eigenvalue weighted by atomic mass is 9.91. The first-order valence-corrected chi connectivity index (χ1v) is 6.67. The van der Waals surface area contributed by atoms with Crippen LogP contribution in [0.5, 0.6) is 0 Å². The number of aryl methyl sites for hydroxylation is 1. The number of rotatable bonds is 4. The van der Waals surface area contributed by atoms with Crippen LogP contribution in [-0.4, -0.2) is 52.6 Å². The summed E-state index contributed by atoms with van der Waals surface area (Å²) in [6.45, 7) is -1.62. The third kappa shape index (κ3) is 4.11. The second-order valence-corrected chi connectivity index (χ2v) is 5.07. The van der Waals surface area contributed by atoms with Crippen molar-refractivity contribution < 1.29 is 25.2 Å². The van der Waals surface area contributed by atoms with E-state index in [1.807, 2.05) is 24.3 Å². The number of Topliss-reactive ketones (excluding diaryl/α,β-unsaturated/α-hetero) is 1. The van der Waals surface area contributed by atoms with Crippen LogP contribution in [0.4, 0.5) is 0 Å². The first-order valence-electron chi connectivity index (χ1n) is 6.67.